The van der Waals surface area contributed by atoms with E-state index in [1.165, 1.54) is 17.0 Å². The summed E-state index contributed by atoms with van der Waals surface area (Å²) in [5, 5.41) is 2.69. The molecule has 0 aromatic heterocycles. The van der Waals surface area contributed by atoms with Crippen molar-refractivity contribution < 1.29 is 27.5 Å². The third-order valence-corrected chi connectivity index (χ3v) is 4.18. The van der Waals surface area contributed by atoms with Crippen LogP contribution in [0.15, 0.2) is 24.3 Å². The van der Waals surface area contributed by atoms with Gasteiger partial charge in [0.25, 0.3) is 0 Å². The van der Waals surface area contributed by atoms with E-state index in [-0.39, 0.29) is 18.7 Å². The molecule has 8 heteroatoms. The lowest BCUT2D eigenvalue weighted by Crippen LogP contribution is -2.45. The van der Waals surface area contributed by atoms with Crippen LogP contribution in [-0.2, 0) is 21.1 Å². The van der Waals surface area contributed by atoms with Crippen LogP contribution in [-0.4, -0.2) is 42.1 Å². The summed E-state index contributed by atoms with van der Waals surface area (Å²) in [6.45, 7) is 11.0. The van der Waals surface area contributed by atoms with Crippen molar-refractivity contribution in [1.82, 2.24) is 10.2 Å². The minimum Gasteiger partial charge on any atom is -0.444 e. The van der Waals surface area contributed by atoms with Gasteiger partial charge in [-0.15, -0.1) is 0 Å². The molecule has 0 atom stereocenters. The van der Waals surface area contributed by atoms with E-state index in [9.17, 15) is 22.8 Å². The minimum atomic E-state index is -4.47. The molecule has 158 valence electrons. The van der Waals surface area contributed by atoms with Crippen molar-refractivity contribution in [2.45, 2.75) is 58.7 Å². The zero-order valence-electron chi connectivity index (χ0n) is 17.2. The lowest BCUT2D eigenvalue weighted by Gasteiger charge is -2.28. The Morgan fingerprint density at radius 2 is 1.64 bits per heavy atom. The maximum atomic E-state index is 12.9. The predicted molar refractivity (Wildman–Crippen MR) is 101 cm³/mol. The molecular weight excluding hydrogens is 373 g/mol. The zero-order chi connectivity index (χ0) is 21.8. The number of hydrogen-bond donors (Lipinski definition) is 1. The first-order chi connectivity index (χ1) is 12.7. The molecule has 1 aromatic carbocycles. The summed E-state index contributed by atoms with van der Waals surface area (Å²) >= 11 is 0. The standard InChI is InChI=1S/C20H29F3N2O3/c1-7-25(17(27)28-18(2,3)4)12-11-24-16(26)19(5,6)14-9-8-10-15(13-14)20(21,22)23/h8-10,13H,7,11-12H2,1-6H3,(H,24,26). The molecule has 0 spiro atoms. The number of carbonyl (C=O) groups is 2. The Morgan fingerprint density at radius 1 is 1.07 bits per heavy atom. The molecule has 0 bridgehead atoms. The number of likely N-dealkylation sites (N-methyl/N-ethyl adjacent to an activating group) is 1. The first-order valence-corrected chi connectivity index (χ1v) is 9.12. The lowest BCUT2D eigenvalue weighted by atomic mass is 9.83. The molecule has 1 aromatic rings. The summed E-state index contributed by atoms with van der Waals surface area (Å²) in [7, 11) is 0. The van der Waals surface area contributed by atoms with Crippen LogP contribution in [0.25, 0.3) is 0 Å². The molecule has 1 N–H and O–H groups in total. The summed E-state index contributed by atoms with van der Waals surface area (Å²) in [5.41, 5.74) is -2.32. The molecule has 0 aliphatic rings. The van der Waals surface area contributed by atoms with Gasteiger partial charge >= 0.3 is 12.3 Å². The highest BCUT2D eigenvalue weighted by Crippen LogP contribution is 2.32. The van der Waals surface area contributed by atoms with E-state index in [2.05, 4.69) is 5.32 Å². The lowest BCUT2D eigenvalue weighted by molar-refractivity contribution is -0.137. The van der Waals surface area contributed by atoms with Crippen LogP contribution in [0.3, 0.4) is 0 Å². The second-order valence-corrected chi connectivity index (χ2v) is 8.02. The van der Waals surface area contributed by atoms with Crippen molar-refractivity contribution in [2.75, 3.05) is 19.6 Å². The highest BCUT2D eigenvalue weighted by atomic mass is 19.4. The molecule has 2 amide bonds. The second kappa shape index (κ2) is 8.84. The number of amides is 2. The van der Waals surface area contributed by atoms with E-state index in [0.717, 1.165) is 12.1 Å². The van der Waals surface area contributed by atoms with Gasteiger partial charge in [0.1, 0.15) is 5.60 Å². The van der Waals surface area contributed by atoms with Crippen LogP contribution < -0.4 is 5.32 Å². The van der Waals surface area contributed by atoms with Crippen LogP contribution in [0.1, 0.15) is 52.7 Å². The molecule has 0 unspecified atom stereocenters. The number of alkyl halides is 3. The minimum absolute atomic E-state index is 0.161. The van der Waals surface area contributed by atoms with Crippen molar-refractivity contribution in [3.63, 3.8) is 0 Å². The SMILES string of the molecule is CCN(CCNC(=O)C(C)(C)c1cccc(C(F)(F)F)c1)C(=O)OC(C)(C)C. The number of nitrogens with one attached hydrogen (secondary N) is 1. The van der Waals surface area contributed by atoms with Crippen molar-refractivity contribution in [2.24, 2.45) is 0 Å². The largest absolute Gasteiger partial charge is 0.444 e. The monoisotopic (exact) mass is 402 g/mol. The number of hydrogen-bond acceptors (Lipinski definition) is 3. The van der Waals surface area contributed by atoms with Crippen molar-refractivity contribution in [3.05, 3.63) is 35.4 Å². The average molecular weight is 402 g/mol. The number of carbonyl (C=O) groups excluding carboxylic acids is 2. The van der Waals surface area contributed by atoms with Crippen LogP contribution in [0, 0.1) is 0 Å². The topological polar surface area (TPSA) is 58.6 Å². The van der Waals surface area contributed by atoms with E-state index in [0.29, 0.717) is 6.54 Å². The number of nitrogens with zero attached hydrogens (tertiary/aromatic N) is 1. The fraction of sp³-hybridized carbons (Fsp3) is 0.600. The summed E-state index contributed by atoms with van der Waals surface area (Å²) in [4.78, 5) is 26.1. The maximum absolute atomic E-state index is 12.9. The molecule has 1 rings (SSSR count). The number of ether oxygens (including phenoxy) is 1. The summed E-state index contributed by atoms with van der Waals surface area (Å²) in [6.07, 6.45) is -4.96. The molecule has 0 aliphatic heterocycles. The van der Waals surface area contributed by atoms with Gasteiger partial charge in [-0.05, 0) is 53.2 Å². The molecule has 0 heterocycles. The number of rotatable bonds is 6. The van der Waals surface area contributed by atoms with E-state index in [1.807, 2.05) is 0 Å². The zero-order valence-corrected chi connectivity index (χ0v) is 17.2. The van der Waals surface area contributed by atoms with Gasteiger partial charge in [0.05, 0.1) is 11.0 Å². The number of halogens is 3. The van der Waals surface area contributed by atoms with Crippen LogP contribution in [0.2, 0.25) is 0 Å². The van der Waals surface area contributed by atoms with Gasteiger partial charge in [0, 0.05) is 19.6 Å². The van der Waals surface area contributed by atoms with Gasteiger partial charge in [0.2, 0.25) is 5.91 Å². The molecule has 0 saturated carbocycles. The molecular formula is C20H29F3N2O3. The Morgan fingerprint density at radius 3 is 2.14 bits per heavy atom. The quantitative estimate of drug-likeness (QED) is 0.769. The normalized spacial score (nSPS) is 12.5. The van der Waals surface area contributed by atoms with Crippen molar-refractivity contribution in [3.8, 4) is 0 Å². The Labute approximate surface area is 164 Å². The van der Waals surface area contributed by atoms with E-state index >= 15 is 0 Å². The molecule has 5 nitrogen and oxygen atoms in total. The predicted octanol–water partition coefficient (Wildman–Crippen LogP) is 4.36. The fourth-order valence-corrected chi connectivity index (χ4v) is 2.45. The molecule has 28 heavy (non-hydrogen) atoms. The Balaban J connectivity index is 2.75. The third-order valence-electron chi connectivity index (χ3n) is 4.18. The van der Waals surface area contributed by atoms with E-state index in [4.69, 9.17) is 4.74 Å². The molecule has 0 aliphatic carbocycles. The van der Waals surface area contributed by atoms with E-state index < -0.39 is 34.8 Å². The van der Waals surface area contributed by atoms with Crippen LogP contribution >= 0.6 is 0 Å². The fourth-order valence-electron chi connectivity index (χ4n) is 2.45. The van der Waals surface area contributed by atoms with Crippen LogP contribution in [0.5, 0.6) is 0 Å². The molecule has 0 saturated heterocycles. The Kier molecular flexibility index (Phi) is 7.51. The third kappa shape index (κ3) is 6.73. The Hall–Kier alpha value is -2.25. The molecule has 0 fully saturated rings. The summed E-state index contributed by atoms with van der Waals surface area (Å²) in [6, 6.07) is 4.73. The first-order valence-electron chi connectivity index (χ1n) is 9.12. The number of benzene rings is 1. The molecule has 0 radical (unpaired) electrons. The highest BCUT2D eigenvalue weighted by Gasteiger charge is 2.34. The second-order valence-electron chi connectivity index (χ2n) is 8.02. The van der Waals surface area contributed by atoms with Gasteiger partial charge in [0.15, 0.2) is 0 Å². The highest BCUT2D eigenvalue weighted by molar-refractivity contribution is 5.87. The smallest absolute Gasteiger partial charge is 0.416 e. The van der Waals surface area contributed by atoms with Gasteiger partial charge in [-0.2, -0.15) is 13.2 Å². The Bertz CT molecular complexity index is 695. The summed E-state index contributed by atoms with van der Waals surface area (Å²) < 4.78 is 44.1. The average Bonchev–Trinajstić information content (AvgIpc) is 2.56. The van der Waals surface area contributed by atoms with Crippen LogP contribution in [0.4, 0.5) is 18.0 Å². The van der Waals surface area contributed by atoms with Gasteiger partial charge in [-0.3, -0.25) is 4.79 Å². The first kappa shape index (κ1) is 23.8. The maximum Gasteiger partial charge on any atom is 0.416 e. The van der Waals surface area contributed by atoms with Crippen molar-refractivity contribution in [1.29, 1.82) is 0 Å². The van der Waals surface area contributed by atoms with Gasteiger partial charge in [-0.25, -0.2) is 4.79 Å². The summed E-state index contributed by atoms with van der Waals surface area (Å²) in [5.74, 6) is -0.424. The van der Waals surface area contributed by atoms with Gasteiger partial charge in [-0.1, -0.05) is 18.2 Å². The van der Waals surface area contributed by atoms with Gasteiger partial charge < -0.3 is 15.0 Å². The van der Waals surface area contributed by atoms with E-state index in [1.54, 1.807) is 41.5 Å². The van der Waals surface area contributed by atoms with Crippen molar-refractivity contribution >= 4 is 12.0 Å².